The smallest absolute Gasteiger partial charge is 0.261 e. The third kappa shape index (κ3) is 2.12. The van der Waals surface area contributed by atoms with Gasteiger partial charge in [-0.1, -0.05) is 12.1 Å². The van der Waals surface area contributed by atoms with E-state index in [9.17, 15) is 4.79 Å². The molecule has 0 saturated heterocycles. The van der Waals surface area contributed by atoms with E-state index in [1.54, 1.807) is 0 Å². The standard InChI is InChI=1S/C16H18N6O/c1-21-12-6-3-2-5-10(12)18-16(21)19-15(23)14-11(9-17)20-22-8-4-7-13(14)22/h2-3,5-6H,4,7-9,17H2,1H3,(H,18,19,23). The normalized spacial score (nSPS) is 13.5. The molecule has 0 radical (unpaired) electrons. The number of fused-ring (bicyclic) bond motifs is 2. The van der Waals surface area contributed by atoms with Crippen molar-refractivity contribution in [3.63, 3.8) is 0 Å². The van der Waals surface area contributed by atoms with Crippen LogP contribution < -0.4 is 11.1 Å². The minimum absolute atomic E-state index is 0.188. The lowest BCUT2D eigenvalue weighted by Crippen LogP contribution is -2.18. The van der Waals surface area contributed by atoms with Crippen molar-refractivity contribution >= 4 is 22.9 Å². The fourth-order valence-corrected chi connectivity index (χ4v) is 3.21. The van der Waals surface area contributed by atoms with E-state index in [4.69, 9.17) is 5.73 Å². The first kappa shape index (κ1) is 14.0. The maximum Gasteiger partial charge on any atom is 0.261 e. The highest BCUT2D eigenvalue weighted by molar-refractivity contribution is 6.05. The van der Waals surface area contributed by atoms with Crippen molar-refractivity contribution in [1.82, 2.24) is 19.3 Å². The van der Waals surface area contributed by atoms with Gasteiger partial charge in [-0.2, -0.15) is 5.10 Å². The van der Waals surface area contributed by atoms with Gasteiger partial charge in [0.15, 0.2) is 0 Å². The molecule has 0 unspecified atom stereocenters. The number of para-hydroxylation sites is 2. The average molecular weight is 310 g/mol. The second kappa shape index (κ2) is 5.20. The number of carbonyl (C=O) groups is 1. The zero-order valence-corrected chi connectivity index (χ0v) is 12.9. The maximum atomic E-state index is 12.8. The summed E-state index contributed by atoms with van der Waals surface area (Å²) in [7, 11) is 1.89. The van der Waals surface area contributed by atoms with Gasteiger partial charge in [0.1, 0.15) is 0 Å². The second-order valence-corrected chi connectivity index (χ2v) is 5.74. The molecule has 0 spiro atoms. The minimum Gasteiger partial charge on any atom is -0.325 e. The Kier molecular flexibility index (Phi) is 3.16. The summed E-state index contributed by atoms with van der Waals surface area (Å²) in [5, 5.41) is 7.35. The Balaban J connectivity index is 1.71. The van der Waals surface area contributed by atoms with Gasteiger partial charge < -0.3 is 10.3 Å². The topological polar surface area (TPSA) is 90.8 Å². The highest BCUT2D eigenvalue weighted by atomic mass is 16.1. The minimum atomic E-state index is -0.188. The van der Waals surface area contributed by atoms with Gasteiger partial charge in [-0.15, -0.1) is 0 Å². The van der Waals surface area contributed by atoms with Gasteiger partial charge >= 0.3 is 0 Å². The molecule has 1 aliphatic rings. The lowest BCUT2D eigenvalue weighted by Gasteiger charge is -2.06. The van der Waals surface area contributed by atoms with Gasteiger partial charge in [-0.05, 0) is 25.0 Å². The molecule has 118 valence electrons. The molecule has 0 atom stereocenters. The Morgan fingerprint density at radius 2 is 2.22 bits per heavy atom. The summed E-state index contributed by atoms with van der Waals surface area (Å²) in [6.07, 6.45) is 1.87. The van der Waals surface area contributed by atoms with Gasteiger partial charge in [0, 0.05) is 20.1 Å². The first-order valence-corrected chi connectivity index (χ1v) is 7.70. The summed E-state index contributed by atoms with van der Waals surface area (Å²) < 4.78 is 3.77. The summed E-state index contributed by atoms with van der Waals surface area (Å²) in [6.45, 7) is 1.10. The molecule has 1 amide bonds. The Bertz CT molecular complexity index is 907. The summed E-state index contributed by atoms with van der Waals surface area (Å²) >= 11 is 0. The summed E-state index contributed by atoms with van der Waals surface area (Å²) in [4.78, 5) is 17.3. The molecule has 7 nitrogen and oxygen atoms in total. The van der Waals surface area contributed by atoms with Crippen molar-refractivity contribution in [2.24, 2.45) is 12.8 Å². The van der Waals surface area contributed by atoms with Crippen molar-refractivity contribution in [2.45, 2.75) is 25.9 Å². The lowest BCUT2D eigenvalue weighted by atomic mass is 10.1. The fourth-order valence-electron chi connectivity index (χ4n) is 3.21. The van der Waals surface area contributed by atoms with E-state index in [2.05, 4.69) is 15.4 Å². The SMILES string of the molecule is Cn1c(NC(=O)c2c(CN)nn3c2CCC3)nc2ccccc21. The molecule has 4 rings (SSSR count). The molecular formula is C16H18N6O. The number of hydrogen-bond acceptors (Lipinski definition) is 4. The van der Waals surface area contributed by atoms with Crippen LogP contribution in [0.3, 0.4) is 0 Å². The van der Waals surface area contributed by atoms with Crippen LogP contribution in [0.5, 0.6) is 0 Å². The first-order chi connectivity index (χ1) is 11.2. The van der Waals surface area contributed by atoms with Gasteiger partial charge in [0.25, 0.3) is 5.91 Å². The number of imidazole rings is 1. The number of nitrogens with two attached hydrogens (primary N) is 1. The number of nitrogens with zero attached hydrogens (tertiary/aromatic N) is 4. The Hall–Kier alpha value is -2.67. The third-order valence-corrected chi connectivity index (χ3v) is 4.35. The van der Waals surface area contributed by atoms with E-state index in [-0.39, 0.29) is 12.5 Å². The van der Waals surface area contributed by atoms with Crippen LogP contribution in [0, 0.1) is 0 Å². The highest BCUT2D eigenvalue weighted by Gasteiger charge is 2.26. The van der Waals surface area contributed by atoms with E-state index >= 15 is 0 Å². The van der Waals surface area contributed by atoms with Gasteiger partial charge in [0.05, 0.1) is 28.0 Å². The molecular weight excluding hydrogens is 292 g/mol. The number of rotatable bonds is 3. The number of carbonyl (C=O) groups excluding carboxylic acids is 1. The Morgan fingerprint density at radius 1 is 1.39 bits per heavy atom. The van der Waals surface area contributed by atoms with Gasteiger partial charge in [-0.3, -0.25) is 14.8 Å². The van der Waals surface area contributed by atoms with E-state index in [0.29, 0.717) is 17.2 Å². The molecule has 0 aliphatic carbocycles. The molecule has 1 aliphatic heterocycles. The Morgan fingerprint density at radius 3 is 3.00 bits per heavy atom. The monoisotopic (exact) mass is 310 g/mol. The molecule has 3 aromatic rings. The number of nitrogens with one attached hydrogen (secondary N) is 1. The Labute approximate surface area is 133 Å². The van der Waals surface area contributed by atoms with Crippen LogP contribution in [-0.4, -0.2) is 25.2 Å². The number of hydrogen-bond donors (Lipinski definition) is 2. The zero-order chi connectivity index (χ0) is 16.0. The largest absolute Gasteiger partial charge is 0.325 e. The van der Waals surface area contributed by atoms with E-state index in [1.807, 2.05) is 40.6 Å². The van der Waals surface area contributed by atoms with Crippen molar-refractivity contribution < 1.29 is 4.79 Å². The molecule has 1 aromatic carbocycles. The van der Waals surface area contributed by atoms with Crippen molar-refractivity contribution in [1.29, 1.82) is 0 Å². The van der Waals surface area contributed by atoms with Crippen LogP contribution in [0.4, 0.5) is 5.95 Å². The number of amides is 1. The van der Waals surface area contributed by atoms with Crippen molar-refractivity contribution in [2.75, 3.05) is 5.32 Å². The van der Waals surface area contributed by atoms with Crippen LogP contribution in [0.2, 0.25) is 0 Å². The third-order valence-electron chi connectivity index (χ3n) is 4.35. The molecule has 3 N–H and O–H groups in total. The number of anilines is 1. The van der Waals surface area contributed by atoms with E-state index < -0.39 is 0 Å². The van der Waals surface area contributed by atoms with Crippen LogP contribution in [0.25, 0.3) is 11.0 Å². The average Bonchev–Trinajstić information content (AvgIpc) is 3.21. The van der Waals surface area contributed by atoms with E-state index in [1.165, 1.54) is 0 Å². The fraction of sp³-hybridized carbons (Fsp3) is 0.312. The quantitative estimate of drug-likeness (QED) is 0.765. The van der Waals surface area contributed by atoms with Crippen LogP contribution in [0.15, 0.2) is 24.3 Å². The maximum absolute atomic E-state index is 12.8. The van der Waals surface area contributed by atoms with Gasteiger partial charge in [-0.25, -0.2) is 4.98 Å². The second-order valence-electron chi connectivity index (χ2n) is 5.74. The summed E-state index contributed by atoms with van der Waals surface area (Å²) in [6, 6.07) is 7.78. The predicted molar refractivity (Wildman–Crippen MR) is 87.1 cm³/mol. The summed E-state index contributed by atoms with van der Waals surface area (Å²) in [5.41, 5.74) is 9.81. The molecule has 7 heteroatoms. The number of aromatic nitrogens is 4. The predicted octanol–water partition coefficient (Wildman–Crippen LogP) is 1.43. The van der Waals surface area contributed by atoms with Crippen LogP contribution >= 0.6 is 0 Å². The zero-order valence-electron chi connectivity index (χ0n) is 12.9. The van der Waals surface area contributed by atoms with Crippen molar-refractivity contribution in [3.8, 4) is 0 Å². The molecule has 23 heavy (non-hydrogen) atoms. The number of benzene rings is 1. The molecule has 3 heterocycles. The lowest BCUT2D eigenvalue weighted by molar-refractivity contribution is 0.102. The first-order valence-electron chi connectivity index (χ1n) is 7.70. The molecule has 0 fully saturated rings. The van der Waals surface area contributed by atoms with Crippen LogP contribution in [-0.2, 0) is 26.6 Å². The molecule has 2 aromatic heterocycles. The van der Waals surface area contributed by atoms with Crippen LogP contribution in [0.1, 0.15) is 28.2 Å². The van der Waals surface area contributed by atoms with Crippen molar-refractivity contribution in [3.05, 3.63) is 41.2 Å². The molecule has 0 saturated carbocycles. The number of aryl methyl sites for hydroxylation is 2. The molecule has 0 bridgehead atoms. The van der Waals surface area contributed by atoms with Gasteiger partial charge in [0.2, 0.25) is 5.95 Å². The summed E-state index contributed by atoms with van der Waals surface area (Å²) in [5.74, 6) is 0.337. The highest BCUT2D eigenvalue weighted by Crippen LogP contribution is 2.24. The van der Waals surface area contributed by atoms with E-state index in [0.717, 1.165) is 36.1 Å².